The first kappa shape index (κ1) is 16.0. The molecule has 0 radical (unpaired) electrons. The molecule has 1 N–H and O–H groups in total. The van der Waals surface area contributed by atoms with Crippen LogP contribution < -0.4 is 5.32 Å². The van der Waals surface area contributed by atoms with Gasteiger partial charge in [-0.2, -0.15) is 0 Å². The van der Waals surface area contributed by atoms with Crippen LogP contribution >= 0.6 is 0 Å². The molecule has 0 aliphatic carbocycles. The Kier molecular flexibility index (Phi) is 4.38. The van der Waals surface area contributed by atoms with Crippen molar-refractivity contribution in [2.75, 3.05) is 0 Å². The highest BCUT2D eigenvalue weighted by Crippen LogP contribution is 2.35. The minimum Gasteiger partial charge on any atom is -0.318 e. The Morgan fingerprint density at radius 1 is 1.29 bits per heavy atom. The van der Waals surface area contributed by atoms with Crippen molar-refractivity contribution in [2.45, 2.75) is 58.8 Å². The third kappa shape index (κ3) is 2.82. The van der Waals surface area contributed by atoms with Crippen molar-refractivity contribution in [2.24, 2.45) is 5.92 Å². The van der Waals surface area contributed by atoms with Crippen molar-refractivity contribution >= 4 is 5.91 Å². The molecule has 116 valence electrons. The number of hydrogen-bond acceptors (Lipinski definition) is 2. The van der Waals surface area contributed by atoms with Crippen LogP contribution in [-0.2, 0) is 4.79 Å². The topological polar surface area (TPSA) is 32.3 Å². The van der Waals surface area contributed by atoms with Crippen LogP contribution in [0.4, 0.5) is 4.39 Å². The Hall–Kier alpha value is -1.42. The SMILES string of the molecule is CCC1(C)NC(c2ccc(F)cc2)N(C(C)C(C)C)C1=O. The van der Waals surface area contributed by atoms with Crippen molar-refractivity contribution in [1.82, 2.24) is 10.2 Å². The van der Waals surface area contributed by atoms with Crippen LogP contribution in [0.1, 0.15) is 52.8 Å². The molecular weight excluding hydrogens is 267 g/mol. The summed E-state index contributed by atoms with van der Waals surface area (Å²) in [4.78, 5) is 14.8. The lowest BCUT2D eigenvalue weighted by molar-refractivity contribution is -0.135. The zero-order valence-corrected chi connectivity index (χ0v) is 13.5. The smallest absolute Gasteiger partial charge is 0.244 e. The molecule has 1 amide bonds. The van der Waals surface area contributed by atoms with Gasteiger partial charge >= 0.3 is 0 Å². The summed E-state index contributed by atoms with van der Waals surface area (Å²) in [7, 11) is 0. The van der Waals surface area contributed by atoms with E-state index in [1.807, 2.05) is 18.7 Å². The maximum absolute atomic E-state index is 13.2. The van der Waals surface area contributed by atoms with E-state index in [0.29, 0.717) is 5.92 Å². The molecule has 3 unspecified atom stereocenters. The molecule has 1 aliphatic rings. The first-order valence-corrected chi connectivity index (χ1v) is 7.66. The van der Waals surface area contributed by atoms with Crippen molar-refractivity contribution in [3.05, 3.63) is 35.6 Å². The number of rotatable bonds is 4. The van der Waals surface area contributed by atoms with E-state index in [4.69, 9.17) is 0 Å². The van der Waals surface area contributed by atoms with Gasteiger partial charge in [0.15, 0.2) is 0 Å². The molecule has 1 aliphatic heterocycles. The van der Waals surface area contributed by atoms with E-state index in [1.54, 1.807) is 12.1 Å². The van der Waals surface area contributed by atoms with E-state index in [0.717, 1.165) is 12.0 Å². The first-order valence-electron chi connectivity index (χ1n) is 7.66. The third-order valence-electron chi connectivity index (χ3n) is 4.74. The monoisotopic (exact) mass is 292 g/mol. The summed E-state index contributed by atoms with van der Waals surface area (Å²) in [6, 6.07) is 6.51. The largest absolute Gasteiger partial charge is 0.318 e. The van der Waals surface area contributed by atoms with Gasteiger partial charge in [-0.05, 0) is 43.9 Å². The molecule has 0 aromatic heterocycles. The van der Waals surface area contributed by atoms with Gasteiger partial charge in [0.2, 0.25) is 5.91 Å². The predicted octanol–water partition coefficient (Wildman–Crippen LogP) is 3.47. The fourth-order valence-corrected chi connectivity index (χ4v) is 2.72. The normalized spacial score (nSPS) is 27.5. The molecule has 1 fully saturated rings. The van der Waals surface area contributed by atoms with E-state index in [9.17, 15) is 9.18 Å². The molecule has 3 nitrogen and oxygen atoms in total. The Balaban J connectivity index is 2.41. The zero-order chi connectivity index (χ0) is 15.8. The lowest BCUT2D eigenvalue weighted by Crippen LogP contribution is -2.45. The van der Waals surface area contributed by atoms with Crippen LogP contribution in [0.2, 0.25) is 0 Å². The predicted molar refractivity (Wildman–Crippen MR) is 82.1 cm³/mol. The summed E-state index contributed by atoms with van der Waals surface area (Å²) in [5, 5.41) is 3.44. The van der Waals surface area contributed by atoms with Crippen molar-refractivity contribution in [1.29, 1.82) is 0 Å². The number of nitrogens with zero attached hydrogens (tertiary/aromatic N) is 1. The van der Waals surface area contributed by atoms with Crippen molar-refractivity contribution in [3.8, 4) is 0 Å². The minimum atomic E-state index is -0.553. The van der Waals surface area contributed by atoms with Gasteiger partial charge in [0.1, 0.15) is 12.0 Å². The molecule has 1 saturated heterocycles. The molecule has 21 heavy (non-hydrogen) atoms. The van der Waals surface area contributed by atoms with E-state index in [1.165, 1.54) is 12.1 Å². The molecule has 2 rings (SSSR count). The van der Waals surface area contributed by atoms with E-state index >= 15 is 0 Å². The van der Waals surface area contributed by atoms with Gasteiger partial charge in [0, 0.05) is 6.04 Å². The number of amides is 1. The van der Waals surface area contributed by atoms with Gasteiger partial charge in [0.05, 0.1) is 5.54 Å². The Labute approximate surface area is 126 Å². The molecule has 1 heterocycles. The Bertz CT molecular complexity index is 514. The fourth-order valence-electron chi connectivity index (χ4n) is 2.72. The van der Waals surface area contributed by atoms with Gasteiger partial charge in [-0.3, -0.25) is 10.1 Å². The summed E-state index contributed by atoms with van der Waals surface area (Å²) in [5.41, 5.74) is 0.372. The molecule has 0 spiro atoms. The second-order valence-corrected chi connectivity index (χ2v) is 6.48. The number of nitrogens with one attached hydrogen (secondary N) is 1. The van der Waals surface area contributed by atoms with E-state index in [2.05, 4.69) is 26.1 Å². The van der Waals surface area contributed by atoms with Gasteiger partial charge in [0.25, 0.3) is 0 Å². The lowest BCUT2D eigenvalue weighted by atomic mass is 9.97. The summed E-state index contributed by atoms with van der Waals surface area (Å²) < 4.78 is 13.2. The fraction of sp³-hybridized carbons (Fsp3) is 0.588. The molecular formula is C17H25FN2O. The first-order chi connectivity index (χ1) is 9.80. The number of carbonyl (C=O) groups is 1. The molecule has 1 aromatic carbocycles. The molecule has 1 aromatic rings. The van der Waals surface area contributed by atoms with Gasteiger partial charge < -0.3 is 4.90 Å². The van der Waals surface area contributed by atoms with Crippen LogP contribution in [0.15, 0.2) is 24.3 Å². The molecule has 3 atom stereocenters. The summed E-state index contributed by atoms with van der Waals surface area (Å²) >= 11 is 0. The van der Waals surface area contributed by atoms with Crippen LogP contribution in [0.25, 0.3) is 0 Å². The highest BCUT2D eigenvalue weighted by molar-refractivity contribution is 5.88. The second-order valence-electron chi connectivity index (χ2n) is 6.48. The maximum atomic E-state index is 13.2. The van der Waals surface area contributed by atoms with Gasteiger partial charge in [-0.1, -0.05) is 32.9 Å². The van der Waals surface area contributed by atoms with E-state index < -0.39 is 5.54 Å². The average molecular weight is 292 g/mol. The van der Waals surface area contributed by atoms with E-state index in [-0.39, 0.29) is 23.9 Å². The average Bonchev–Trinajstić information content (AvgIpc) is 2.72. The second kappa shape index (κ2) is 5.76. The summed E-state index contributed by atoms with van der Waals surface area (Å²) in [5.74, 6) is 0.225. The molecule has 0 saturated carbocycles. The zero-order valence-electron chi connectivity index (χ0n) is 13.5. The van der Waals surface area contributed by atoms with Gasteiger partial charge in [-0.25, -0.2) is 4.39 Å². The standard InChI is InChI=1S/C17H25FN2O/c1-6-17(5)16(21)20(12(4)11(2)3)15(19-17)13-7-9-14(18)10-8-13/h7-12,15,19H,6H2,1-5H3. The number of halogens is 1. The highest BCUT2D eigenvalue weighted by atomic mass is 19.1. The third-order valence-corrected chi connectivity index (χ3v) is 4.74. The maximum Gasteiger partial charge on any atom is 0.244 e. The molecule has 4 heteroatoms. The minimum absolute atomic E-state index is 0.119. The molecule has 0 bridgehead atoms. The number of benzene rings is 1. The highest BCUT2D eigenvalue weighted by Gasteiger charge is 2.49. The van der Waals surface area contributed by atoms with Crippen LogP contribution in [0.5, 0.6) is 0 Å². The quantitative estimate of drug-likeness (QED) is 0.921. The van der Waals surface area contributed by atoms with Crippen molar-refractivity contribution < 1.29 is 9.18 Å². The number of carbonyl (C=O) groups excluding carboxylic acids is 1. The van der Waals surface area contributed by atoms with Crippen LogP contribution in [-0.4, -0.2) is 22.4 Å². The Morgan fingerprint density at radius 2 is 1.86 bits per heavy atom. The number of hydrogen-bond donors (Lipinski definition) is 1. The summed E-state index contributed by atoms with van der Waals surface area (Å²) in [6.45, 7) is 10.2. The van der Waals surface area contributed by atoms with Crippen molar-refractivity contribution in [3.63, 3.8) is 0 Å². The van der Waals surface area contributed by atoms with Gasteiger partial charge in [-0.15, -0.1) is 0 Å². The van der Waals surface area contributed by atoms with Crippen LogP contribution in [0, 0.1) is 11.7 Å². The van der Waals surface area contributed by atoms with Crippen LogP contribution in [0.3, 0.4) is 0 Å². The summed E-state index contributed by atoms with van der Waals surface area (Å²) in [6.07, 6.45) is 0.533. The Morgan fingerprint density at radius 3 is 2.33 bits per heavy atom. The lowest BCUT2D eigenvalue weighted by Gasteiger charge is -2.33.